The summed E-state index contributed by atoms with van der Waals surface area (Å²) in [6, 6.07) is 2.09. The van der Waals surface area contributed by atoms with Crippen LogP contribution in [0.25, 0.3) is 0 Å². The number of aromatic nitrogens is 1. The molecule has 0 saturated carbocycles. The fourth-order valence-electron chi connectivity index (χ4n) is 0.861. The van der Waals surface area contributed by atoms with E-state index in [1.807, 2.05) is 13.8 Å². The molecule has 0 radical (unpaired) electrons. The lowest BCUT2D eigenvalue weighted by molar-refractivity contribution is -0.141. The first-order chi connectivity index (χ1) is 6.93. The fraction of sp³-hybridized carbons (Fsp3) is 0.444. The second kappa shape index (κ2) is 5.55. The topological polar surface area (TPSA) is 64.9 Å². The molecule has 0 aromatic carbocycles. The average Bonchev–Trinajstić information content (AvgIpc) is 2.18. The zero-order chi connectivity index (χ0) is 12.1. The maximum absolute atomic E-state index is 12.1. The van der Waals surface area contributed by atoms with Gasteiger partial charge in [-0.2, -0.15) is 13.2 Å². The predicted octanol–water partition coefficient (Wildman–Crippen LogP) is 2.17. The predicted molar refractivity (Wildman–Crippen MR) is 52.9 cm³/mol. The molecule has 0 spiro atoms. The van der Waals surface area contributed by atoms with E-state index in [1.54, 1.807) is 0 Å². The second-order valence-electron chi connectivity index (χ2n) is 2.48. The van der Waals surface area contributed by atoms with E-state index in [-0.39, 0.29) is 17.9 Å². The summed E-state index contributed by atoms with van der Waals surface area (Å²) in [4.78, 5) is 3.29. The Bertz CT molecular complexity index is 310. The summed E-state index contributed by atoms with van der Waals surface area (Å²) in [5.74, 6) is 0. The van der Waals surface area contributed by atoms with Crippen LogP contribution >= 0.6 is 0 Å². The number of hydrogen-bond acceptors (Lipinski definition) is 3. The van der Waals surface area contributed by atoms with E-state index in [0.29, 0.717) is 0 Å². The molecule has 0 saturated heterocycles. The van der Waals surface area contributed by atoms with Crippen LogP contribution in [-0.4, -0.2) is 4.98 Å². The Kier molecular flexibility index (Phi) is 5.07. The molecule has 86 valence electrons. The van der Waals surface area contributed by atoms with Crippen LogP contribution in [0, 0.1) is 0 Å². The number of anilines is 1. The number of nitrogen functional groups attached to an aromatic ring is 1. The number of pyridine rings is 1. The molecule has 1 aromatic heterocycles. The van der Waals surface area contributed by atoms with Crippen LogP contribution in [0.4, 0.5) is 18.9 Å². The van der Waals surface area contributed by atoms with Crippen molar-refractivity contribution in [2.75, 3.05) is 5.73 Å². The SMILES string of the molecule is CC.NCc1cc(N)cc(C(F)(F)F)n1. The van der Waals surface area contributed by atoms with Gasteiger partial charge in [0.15, 0.2) is 0 Å². The van der Waals surface area contributed by atoms with Crippen molar-refractivity contribution in [3.63, 3.8) is 0 Å². The number of hydrogen-bond donors (Lipinski definition) is 2. The quantitative estimate of drug-likeness (QED) is 0.763. The van der Waals surface area contributed by atoms with Crippen LogP contribution in [0.3, 0.4) is 0 Å². The Morgan fingerprint density at radius 1 is 1.27 bits per heavy atom. The van der Waals surface area contributed by atoms with E-state index in [2.05, 4.69) is 4.98 Å². The van der Waals surface area contributed by atoms with E-state index in [1.165, 1.54) is 6.07 Å². The van der Waals surface area contributed by atoms with Crippen LogP contribution < -0.4 is 11.5 Å². The first-order valence-electron chi connectivity index (χ1n) is 4.47. The van der Waals surface area contributed by atoms with Crippen LogP contribution in [0.2, 0.25) is 0 Å². The van der Waals surface area contributed by atoms with Crippen molar-refractivity contribution in [2.24, 2.45) is 5.73 Å². The van der Waals surface area contributed by atoms with Gasteiger partial charge in [0.2, 0.25) is 0 Å². The number of rotatable bonds is 1. The molecule has 0 aliphatic rings. The maximum Gasteiger partial charge on any atom is 0.433 e. The molecule has 0 aliphatic carbocycles. The number of halogens is 3. The van der Waals surface area contributed by atoms with Gasteiger partial charge < -0.3 is 11.5 Å². The van der Waals surface area contributed by atoms with Gasteiger partial charge in [0.25, 0.3) is 0 Å². The van der Waals surface area contributed by atoms with Crippen molar-refractivity contribution < 1.29 is 13.2 Å². The zero-order valence-corrected chi connectivity index (χ0v) is 8.60. The lowest BCUT2D eigenvalue weighted by atomic mass is 10.2. The summed E-state index contributed by atoms with van der Waals surface area (Å²) >= 11 is 0. The molecule has 0 fully saturated rings. The molecule has 15 heavy (non-hydrogen) atoms. The first kappa shape index (κ1) is 13.7. The van der Waals surface area contributed by atoms with Crippen molar-refractivity contribution in [2.45, 2.75) is 26.6 Å². The molecule has 0 amide bonds. The Hall–Kier alpha value is -1.30. The summed E-state index contributed by atoms with van der Waals surface area (Å²) in [5, 5.41) is 0. The number of alkyl halides is 3. The van der Waals surface area contributed by atoms with Gasteiger partial charge in [-0.3, -0.25) is 0 Å². The molecular weight excluding hydrogens is 207 g/mol. The van der Waals surface area contributed by atoms with E-state index >= 15 is 0 Å². The molecule has 0 aliphatic heterocycles. The highest BCUT2D eigenvalue weighted by Gasteiger charge is 2.32. The molecule has 0 bridgehead atoms. The Balaban J connectivity index is 0.000000921. The monoisotopic (exact) mass is 221 g/mol. The zero-order valence-electron chi connectivity index (χ0n) is 8.60. The highest BCUT2D eigenvalue weighted by molar-refractivity contribution is 5.40. The average molecular weight is 221 g/mol. The molecule has 0 atom stereocenters. The van der Waals surface area contributed by atoms with Crippen molar-refractivity contribution in [1.29, 1.82) is 0 Å². The lowest BCUT2D eigenvalue weighted by Gasteiger charge is -2.07. The summed E-state index contributed by atoms with van der Waals surface area (Å²) in [7, 11) is 0. The molecule has 1 heterocycles. The van der Waals surface area contributed by atoms with E-state index in [4.69, 9.17) is 11.5 Å². The van der Waals surface area contributed by atoms with Crippen LogP contribution in [-0.2, 0) is 12.7 Å². The summed E-state index contributed by atoms with van der Waals surface area (Å²) < 4.78 is 36.4. The highest BCUT2D eigenvalue weighted by Crippen LogP contribution is 2.28. The van der Waals surface area contributed by atoms with Crippen LogP contribution in [0.1, 0.15) is 25.2 Å². The fourth-order valence-corrected chi connectivity index (χ4v) is 0.861. The van der Waals surface area contributed by atoms with Crippen molar-refractivity contribution in [3.05, 3.63) is 23.5 Å². The van der Waals surface area contributed by atoms with Gasteiger partial charge in [-0.05, 0) is 12.1 Å². The summed E-state index contributed by atoms with van der Waals surface area (Å²) in [6.07, 6.45) is -4.47. The molecule has 6 heteroatoms. The minimum Gasteiger partial charge on any atom is -0.399 e. The molecule has 0 unspecified atom stereocenters. The van der Waals surface area contributed by atoms with E-state index in [9.17, 15) is 13.2 Å². The molecule has 1 aromatic rings. The lowest BCUT2D eigenvalue weighted by Crippen LogP contribution is -2.12. The third-order valence-corrected chi connectivity index (χ3v) is 1.40. The van der Waals surface area contributed by atoms with Crippen molar-refractivity contribution in [3.8, 4) is 0 Å². The van der Waals surface area contributed by atoms with E-state index < -0.39 is 11.9 Å². The Morgan fingerprint density at radius 3 is 2.20 bits per heavy atom. The normalized spacial score (nSPS) is 10.5. The number of nitrogens with two attached hydrogens (primary N) is 2. The van der Waals surface area contributed by atoms with Gasteiger partial charge in [0, 0.05) is 12.2 Å². The smallest absolute Gasteiger partial charge is 0.399 e. The third-order valence-electron chi connectivity index (χ3n) is 1.40. The van der Waals surface area contributed by atoms with Gasteiger partial charge in [-0.25, -0.2) is 4.98 Å². The second-order valence-corrected chi connectivity index (χ2v) is 2.48. The number of nitrogens with zero attached hydrogens (tertiary/aromatic N) is 1. The molecular formula is C9H14F3N3. The largest absolute Gasteiger partial charge is 0.433 e. The van der Waals surface area contributed by atoms with Crippen molar-refractivity contribution >= 4 is 5.69 Å². The summed E-state index contributed by atoms with van der Waals surface area (Å²) in [6.45, 7) is 3.94. The van der Waals surface area contributed by atoms with Crippen LogP contribution in [0.5, 0.6) is 0 Å². The van der Waals surface area contributed by atoms with Gasteiger partial charge in [-0.15, -0.1) is 0 Å². The third kappa shape index (κ3) is 4.16. The van der Waals surface area contributed by atoms with Gasteiger partial charge in [0.05, 0.1) is 5.69 Å². The molecule has 1 rings (SSSR count). The molecule has 4 N–H and O–H groups in total. The minimum absolute atomic E-state index is 0.0165. The minimum atomic E-state index is -4.47. The standard InChI is InChI=1S/C7H8F3N3.C2H6/c8-7(9,10)6-2-4(12)1-5(3-11)13-6;1-2/h1-2H,3,11H2,(H2,12,13);1-2H3. The Morgan fingerprint density at radius 2 is 1.80 bits per heavy atom. The van der Waals surface area contributed by atoms with Gasteiger partial charge in [0.1, 0.15) is 5.69 Å². The maximum atomic E-state index is 12.1. The van der Waals surface area contributed by atoms with Crippen molar-refractivity contribution in [1.82, 2.24) is 4.98 Å². The van der Waals surface area contributed by atoms with E-state index in [0.717, 1.165) is 6.07 Å². The summed E-state index contributed by atoms with van der Waals surface area (Å²) in [5.41, 5.74) is 9.52. The Labute approximate surface area is 86.3 Å². The highest BCUT2D eigenvalue weighted by atomic mass is 19.4. The van der Waals surface area contributed by atoms with Gasteiger partial charge in [-0.1, -0.05) is 13.8 Å². The van der Waals surface area contributed by atoms with Gasteiger partial charge >= 0.3 is 6.18 Å². The first-order valence-corrected chi connectivity index (χ1v) is 4.47. The molecule has 3 nitrogen and oxygen atoms in total. The van der Waals surface area contributed by atoms with Crippen LogP contribution in [0.15, 0.2) is 12.1 Å².